The van der Waals surface area contributed by atoms with Crippen LogP contribution in [0.5, 0.6) is 0 Å². The van der Waals surface area contributed by atoms with Gasteiger partial charge in [-0.3, -0.25) is 14.3 Å². The minimum absolute atomic E-state index is 0.0547. The summed E-state index contributed by atoms with van der Waals surface area (Å²) in [7, 11) is -0.875. The summed E-state index contributed by atoms with van der Waals surface area (Å²) in [5, 5.41) is 14.0. The molecule has 0 saturated heterocycles. The monoisotopic (exact) mass is 334 g/mol. The molecule has 0 bridgehead atoms. The highest BCUT2D eigenvalue weighted by Crippen LogP contribution is 2.23. The molecule has 0 amide bonds. The van der Waals surface area contributed by atoms with Crippen LogP contribution < -0.4 is 5.32 Å². The first-order valence-electron chi connectivity index (χ1n) is 5.36. The van der Waals surface area contributed by atoms with Crippen LogP contribution >= 0.6 is 15.9 Å². The molecule has 2 atom stereocenters. The van der Waals surface area contributed by atoms with E-state index >= 15 is 0 Å². The first-order chi connectivity index (χ1) is 8.40. The smallest absolute Gasteiger partial charge is 0.275 e. The maximum absolute atomic E-state index is 11.0. The molecule has 0 radical (unpaired) electrons. The second-order valence-electron chi connectivity index (χ2n) is 4.05. The van der Waals surface area contributed by atoms with Crippen molar-refractivity contribution in [1.29, 1.82) is 0 Å². The molecule has 18 heavy (non-hydrogen) atoms. The molecule has 2 unspecified atom stereocenters. The number of nitrogens with one attached hydrogen (secondary N) is 1. The fourth-order valence-corrected chi connectivity index (χ4v) is 2.72. The molecule has 0 spiro atoms. The van der Waals surface area contributed by atoms with Crippen LogP contribution in [-0.4, -0.2) is 27.2 Å². The van der Waals surface area contributed by atoms with Crippen molar-refractivity contribution >= 4 is 32.4 Å². The molecule has 1 N–H and O–H groups in total. The van der Waals surface area contributed by atoms with E-state index in [1.807, 2.05) is 6.92 Å². The van der Waals surface area contributed by atoms with E-state index in [0.29, 0.717) is 22.3 Å². The largest absolute Gasteiger partial charge is 0.309 e. The third-order valence-electron chi connectivity index (χ3n) is 2.37. The summed E-state index contributed by atoms with van der Waals surface area (Å²) in [6.07, 6.45) is 1.64. The van der Waals surface area contributed by atoms with Crippen LogP contribution in [0.3, 0.4) is 0 Å². The Morgan fingerprint density at radius 1 is 1.56 bits per heavy atom. The van der Waals surface area contributed by atoms with Crippen LogP contribution in [0, 0.1) is 10.1 Å². The molecule has 5 nitrogen and oxygen atoms in total. The van der Waals surface area contributed by atoms with E-state index in [9.17, 15) is 14.3 Å². The van der Waals surface area contributed by atoms with Gasteiger partial charge in [0.15, 0.2) is 0 Å². The molecule has 100 valence electrons. The average molecular weight is 335 g/mol. The molecular weight excluding hydrogens is 320 g/mol. The maximum atomic E-state index is 11.0. The minimum Gasteiger partial charge on any atom is -0.309 e. The van der Waals surface area contributed by atoms with Gasteiger partial charge in [0.1, 0.15) is 0 Å². The Labute approximate surface area is 117 Å². The third kappa shape index (κ3) is 4.83. The van der Waals surface area contributed by atoms with Gasteiger partial charge in [0.2, 0.25) is 0 Å². The highest BCUT2D eigenvalue weighted by molar-refractivity contribution is 9.10. The van der Waals surface area contributed by atoms with E-state index in [-0.39, 0.29) is 11.7 Å². The molecule has 7 heteroatoms. The van der Waals surface area contributed by atoms with Crippen molar-refractivity contribution < 1.29 is 9.13 Å². The zero-order valence-corrected chi connectivity index (χ0v) is 12.6. The predicted molar refractivity (Wildman–Crippen MR) is 76.0 cm³/mol. The van der Waals surface area contributed by atoms with Crippen LogP contribution in [0.1, 0.15) is 12.5 Å². The number of halogens is 1. The lowest BCUT2D eigenvalue weighted by Gasteiger charge is -2.12. The Hall–Kier alpha value is -0.790. The number of nitrogens with zero attached hydrogens (tertiary/aromatic N) is 1. The second kappa shape index (κ2) is 6.96. The topological polar surface area (TPSA) is 72.2 Å². The van der Waals surface area contributed by atoms with E-state index in [1.54, 1.807) is 18.4 Å². The van der Waals surface area contributed by atoms with Gasteiger partial charge in [0.05, 0.1) is 4.92 Å². The molecule has 1 aromatic carbocycles. The highest BCUT2D eigenvalue weighted by atomic mass is 79.9. The number of benzene rings is 1. The van der Waals surface area contributed by atoms with Gasteiger partial charge in [-0.15, -0.1) is 0 Å². The van der Waals surface area contributed by atoms with E-state index in [2.05, 4.69) is 21.2 Å². The number of nitro benzene ring substituents is 1. The molecule has 0 aliphatic rings. The normalized spacial score (nSPS) is 14.2. The van der Waals surface area contributed by atoms with Crippen LogP contribution in [0.2, 0.25) is 0 Å². The minimum atomic E-state index is -0.875. The lowest BCUT2D eigenvalue weighted by atomic mass is 10.1. The van der Waals surface area contributed by atoms with Crippen molar-refractivity contribution in [2.24, 2.45) is 0 Å². The van der Waals surface area contributed by atoms with Crippen LogP contribution in [0.25, 0.3) is 0 Å². The summed E-state index contributed by atoms with van der Waals surface area (Å²) >= 11 is 3.21. The fourth-order valence-electron chi connectivity index (χ4n) is 1.55. The quantitative estimate of drug-likeness (QED) is 0.639. The summed E-state index contributed by atoms with van der Waals surface area (Å²) in [5.74, 6) is 0.532. The van der Waals surface area contributed by atoms with Gasteiger partial charge in [-0.05, 0) is 19.1 Å². The summed E-state index contributed by atoms with van der Waals surface area (Å²) in [4.78, 5) is 10.5. The van der Waals surface area contributed by atoms with Crippen LogP contribution in [0.4, 0.5) is 5.69 Å². The van der Waals surface area contributed by atoms with Gasteiger partial charge in [-0.2, -0.15) is 0 Å². The van der Waals surface area contributed by atoms with Crippen molar-refractivity contribution in [2.45, 2.75) is 19.5 Å². The van der Waals surface area contributed by atoms with Crippen molar-refractivity contribution in [3.8, 4) is 0 Å². The molecule has 0 aromatic heterocycles. The fraction of sp³-hybridized carbons (Fsp3) is 0.455. The molecule has 0 heterocycles. The Morgan fingerprint density at radius 3 is 2.78 bits per heavy atom. The second-order valence-corrected chi connectivity index (χ2v) is 6.45. The molecule has 0 saturated carbocycles. The van der Waals surface area contributed by atoms with Gasteiger partial charge >= 0.3 is 0 Å². The standard InChI is InChI=1S/C11H15BrN2O3S/c1-8(7-18(2)17)13-6-9-3-4-10(12)5-11(9)14(15)16/h3-5,8,13H,6-7H2,1-2H3. The number of hydrogen-bond acceptors (Lipinski definition) is 4. The number of hydrogen-bond donors (Lipinski definition) is 1. The van der Waals surface area contributed by atoms with Gasteiger partial charge in [0.25, 0.3) is 5.69 Å². The van der Waals surface area contributed by atoms with E-state index in [4.69, 9.17) is 0 Å². The number of rotatable bonds is 6. The van der Waals surface area contributed by atoms with Gasteiger partial charge in [0, 0.05) is 51.5 Å². The zero-order chi connectivity index (χ0) is 13.7. The first-order valence-corrected chi connectivity index (χ1v) is 7.88. The van der Waals surface area contributed by atoms with Crippen molar-refractivity contribution in [1.82, 2.24) is 5.32 Å². The molecule has 1 rings (SSSR count). The van der Waals surface area contributed by atoms with E-state index in [0.717, 1.165) is 0 Å². The van der Waals surface area contributed by atoms with Crippen LogP contribution in [0.15, 0.2) is 22.7 Å². The lowest BCUT2D eigenvalue weighted by molar-refractivity contribution is -0.385. The summed E-state index contributed by atoms with van der Waals surface area (Å²) in [6, 6.07) is 5.02. The Morgan fingerprint density at radius 2 is 2.22 bits per heavy atom. The lowest BCUT2D eigenvalue weighted by Crippen LogP contribution is -2.30. The van der Waals surface area contributed by atoms with Crippen molar-refractivity contribution in [3.05, 3.63) is 38.3 Å². The Balaban J connectivity index is 2.72. The van der Waals surface area contributed by atoms with E-state index < -0.39 is 15.7 Å². The number of nitro groups is 1. The molecular formula is C11H15BrN2O3S. The summed E-state index contributed by atoms with van der Waals surface area (Å²) in [5.41, 5.74) is 0.707. The molecule has 0 aliphatic heterocycles. The van der Waals surface area contributed by atoms with Gasteiger partial charge in [-0.25, -0.2) is 0 Å². The third-order valence-corrected chi connectivity index (χ3v) is 3.83. The summed E-state index contributed by atoms with van der Waals surface area (Å²) in [6.45, 7) is 2.30. The highest BCUT2D eigenvalue weighted by Gasteiger charge is 2.14. The summed E-state index contributed by atoms with van der Waals surface area (Å²) < 4.78 is 11.7. The molecule has 0 aliphatic carbocycles. The Kier molecular flexibility index (Phi) is 5.90. The average Bonchev–Trinajstić information content (AvgIpc) is 2.26. The predicted octanol–water partition coefficient (Wildman–Crippen LogP) is 2.21. The van der Waals surface area contributed by atoms with E-state index in [1.165, 1.54) is 6.07 Å². The van der Waals surface area contributed by atoms with Crippen molar-refractivity contribution in [3.63, 3.8) is 0 Å². The Bertz CT molecular complexity index is 468. The van der Waals surface area contributed by atoms with Crippen molar-refractivity contribution in [2.75, 3.05) is 12.0 Å². The SMILES string of the molecule is CC(CS(C)=O)NCc1ccc(Br)cc1[N+](=O)[O-]. The zero-order valence-electron chi connectivity index (χ0n) is 10.2. The van der Waals surface area contributed by atoms with Gasteiger partial charge in [-0.1, -0.05) is 15.9 Å². The molecule has 0 fully saturated rings. The van der Waals surface area contributed by atoms with Crippen LogP contribution in [-0.2, 0) is 17.3 Å². The maximum Gasteiger partial charge on any atom is 0.275 e. The molecule has 1 aromatic rings. The van der Waals surface area contributed by atoms with Gasteiger partial charge < -0.3 is 5.32 Å². The first kappa shape index (κ1) is 15.3.